The maximum atomic E-state index is 12.2. The Labute approximate surface area is 170 Å². The minimum Gasteiger partial charge on any atom is -0.300 e. The van der Waals surface area contributed by atoms with Crippen molar-refractivity contribution in [2.75, 3.05) is 38.5 Å². The molecule has 1 aliphatic rings. The third kappa shape index (κ3) is 6.86. The molecule has 1 aliphatic heterocycles. The number of piperazine rings is 1. The van der Waals surface area contributed by atoms with Gasteiger partial charge in [0.2, 0.25) is 10.0 Å². The highest BCUT2D eigenvalue weighted by molar-refractivity contribution is 7.89. The molecule has 156 valence electrons. The molecule has 0 spiro atoms. The van der Waals surface area contributed by atoms with Gasteiger partial charge in [0, 0.05) is 57.6 Å². The monoisotopic (exact) mass is 419 g/mol. The van der Waals surface area contributed by atoms with Gasteiger partial charge >= 0.3 is 0 Å². The zero-order valence-corrected chi connectivity index (χ0v) is 16.9. The van der Waals surface area contributed by atoms with Crippen LogP contribution in [0.1, 0.15) is 11.3 Å². The van der Waals surface area contributed by atoms with Gasteiger partial charge in [-0.3, -0.25) is 24.9 Å². The van der Waals surface area contributed by atoms with Crippen LogP contribution in [0.15, 0.2) is 48.7 Å². The number of sulfonamides is 1. The largest absolute Gasteiger partial charge is 0.300 e. The first-order valence-corrected chi connectivity index (χ1v) is 11.1. The van der Waals surface area contributed by atoms with Crippen molar-refractivity contribution >= 4 is 15.7 Å². The van der Waals surface area contributed by atoms with Crippen molar-refractivity contribution in [3.8, 4) is 0 Å². The summed E-state index contributed by atoms with van der Waals surface area (Å²) >= 11 is 0. The zero-order valence-electron chi connectivity index (χ0n) is 16.1. The molecule has 0 bridgehead atoms. The van der Waals surface area contributed by atoms with E-state index in [2.05, 4.69) is 19.5 Å². The molecule has 1 saturated heterocycles. The van der Waals surface area contributed by atoms with Crippen LogP contribution in [0, 0.1) is 10.1 Å². The fourth-order valence-electron chi connectivity index (χ4n) is 3.21. The Morgan fingerprint density at radius 1 is 1.07 bits per heavy atom. The van der Waals surface area contributed by atoms with E-state index in [1.54, 1.807) is 30.5 Å². The third-order valence-electron chi connectivity index (χ3n) is 4.87. The van der Waals surface area contributed by atoms with Gasteiger partial charge in [0.1, 0.15) is 0 Å². The number of nitrogens with zero attached hydrogens (tertiary/aromatic N) is 4. The molecular formula is C19H25N5O4S. The summed E-state index contributed by atoms with van der Waals surface area (Å²) < 4.78 is 27.0. The summed E-state index contributed by atoms with van der Waals surface area (Å²) in [6.07, 6.45) is 1.64. The van der Waals surface area contributed by atoms with Crippen LogP contribution < -0.4 is 4.72 Å². The van der Waals surface area contributed by atoms with Gasteiger partial charge in [0.05, 0.1) is 22.9 Å². The molecule has 0 radical (unpaired) electrons. The van der Waals surface area contributed by atoms with Crippen LogP contribution in [0.3, 0.4) is 0 Å². The molecule has 29 heavy (non-hydrogen) atoms. The number of rotatable bonds is 9. The molecule has 0 amide bonds. The number of benzene rings is 1. The third-order valence-corrected chi connectivity index (χ3v) is 6.17. The molecule has 1 fully saturated rings. The van der Waals surface area contributed by atoms with Crippen molar-refractivity contribution in [2.45, 2.75) is 13.1 Å². The van der Waals surface area contributed by atoms with E-state index in [1.165, 1.54) is 6.07 Å². The number of aromatic nitrogens is 1. The van der Waals surface area contributed by atoms with Gasteiger partial charge < -0.3 is 0 Å². The van der Waals surface area contributed by atoms with Crippen LogP contribution in [-0.4, -0.2) is 66.6 Å². The van der Waals surface area contributed by atoms with E-state index in [9.17, 15) is 18.5 Å². The molecule has 2 heterocycles. The zero-order chi connectivity index (χ0) is 20.7. The van der Waals surface area contributed by atoms with E-state index >= 15 is 0 Å². The molecule has 0 unspecified atom stereocenters. The summed E-state index contributed by atoms with van der Waals surface area (Å²) in [5, 5.41) is 10.9. The number of non-ortho nitro benzene ring substituents is 1. The summed E-state index contributed by atoms with van der Waals surface area (Å²) in [6, 6.07) is 12.1. The number of pyridine rings is 1. The predicted molar refractivity (Wildman–Crippen MR) is 110 cm³/mol. The summed E-state index contributed by atoms with van der Waals surface area (Å²) in [6.45, 7) is 4.45. The lowest BCUT2D eigenvalue weighted by Gasteiger charge is -2.34. The molecule has 10 heteroatoms. The van der Waals surface area contributed by atoms with Crippen LogP contribution in [-0.2, 0) is 23.1 Å². The molecule has 0 aliphatic carbocycles. The first kappa shape index (κ1) is 21.3. The maximum absolute atomic E-state index is 12.2. The number of hydrogen-bond acceptors (Lipinski definition) is 7. The van der Waals surface area contributed by atoms with E-state index in [-0.39, 0.29) is 22.9 Å². The highest BCUT2D eigenvalue weighted by atomic mass is 32.2. The summed E-state index contributed by atoms with van der Waals surface area (Å²) in [5.74, 6) is 0.0463. The van der Waals surface area contributed by atoms with Crippen LogP contribution in [0.4, 0.5) is 5.69 Å². The van der Waals surface area contributed by atoms with E-state index in [0.29, 0.717) is 18.8 Å². The van der Waals surface area contributed by atoms with Crippen molar-refractivity contribution in [3.63, 3.8) is 0 Å². The lowest BCUT2D eigenvalue weighted by Crippen LogP contribution is -2.47. The molecule has 1 N–H and O–H groups in total. The summed E-state index contributed by atoms with van der Waals surface area (Å²) in [4.78, 5) is 19.0. The van der Waals surface area contributed by atoms with Crippen LogP contribution in [0.25, 0.3) is 0 Å². The van der Waals surface area contributed by atoms with Crippen molar-refractivity contribution in [2.24, 2.45) is 0 Å². The quantitative estimate of drug-likeness (QED) is 0.481. The molecule has 3 rings (SSSR count). The van der Waals surface area contributed by atoms with Crippen molar-refractivity contribution in [1.29, 1.82) is 0 Å². The predicted octanol–water partition coefficient (Wildman–Crippen LogP) is 1.23. The number of hydrogen-bond donors (Lipinski definition) is 1. The Kier molecular flexibility index (Phi) is 7.26. The van der Waals surface area contributed by atoms with Crippen molar-refractivity contribution in [3.05, 3.63) is 70.0 Å². The van der Waals surface area contributed by atoms with Gasteiger partial charge in [0.15, 0.2) is 0 Å². The topological polar surface area (TPSA) is 109 Å². The van der Waals surface area contributed by atoms with Gasteiger partial charge in [-0.05, 0) is 17.7 Å². The second-order valence-electron chi connectivity index (χ2n) is 7.01. The first-order valence-electron chi connectivity index (χ1n) is 9.46. The normalized spacial score (nSPS) is 16.0. The SMILES string of the molecule is O=[N+]([O-])c1cccc(CN2CCN(CCS(=O)(=O)NCc3ccccn3)CC2)c1. The molecular weight excluding hydrogens is 394 g/mol. The Balaban J connectivity index is 1.40. The van der Waals surface area contributed by atoms with E-state index < -0.39 is 10.0 Å². The molecule has 1 aromatic heterocycles. The smallest absolute Gasteiger partial charge is 0.269 e. The summed E-state index contributed by atoms with van der Waals surface area (Å²) in [7, 11) is -3.36. The van der Waals surface area contributed by atoms with Crippen LogP contribution in [0.2, 0.25) is 0 Å². The van der Waals surface area contributed by atoms with Gasteiger partial charge in [-0.1, -0.05) is 18.2 Å². The number of nitrogens with one attached hydrogen (secondary N) is 1. The summed E-state index contributed by atoms with van der Waals surface area (Å²) in [5.41, 5.74) is 1.70. The molecule has 0 saturated carbocycles. The lowest BCUT2D eigenvalue weighted by atomic mass is 10.1. The minimum absolute atomic E-state index is 0.0463. The number of nitro groups is 1. The Morgan fingerprint density at radius 3 is 2.52 bits per heavy atom. The van der Waals surface area contributed by atoms with Gasteiger partial charge in [0.25, 0.3) is 5.69 Å². The lowest BCUT2D eigenvalue weighted by molar-refractivity contribution is -0.384. The molecule has 1 aromatic carbocycles. The van der Waals surface area contributed by atoms with E-state index in [4.69, 9.17) is 0 Å². The molecule has 2 aromatic rings. The standard InChI is InChI=1S/C19H25N5O4S/c25-24(26)19-6-3-4-17(14-19)16-23-10-8-22(9-11-23)12-13-29(27,28)21-15-18-5-1-2-7-20-18/h1-7,14,21H,8-13,15-16H2. The second kappa shape index (κ2) is 9.88. The van der Waals surface area contributed by atoms with Gasteiger partial charge in [-0.15, -0.1) is 0 Å². The fraction of sp³-hybridized carbons (Fsp3) is 0.421. The second-order valence-corrected chi connectivity index (χ2v) is 8.93. The van der Waals surface area contributed by atoms with Crippen LogP contribution in [0.5, 0.6) is 0 Å². The molecule has 9 nitrogen and oxygen atoms in total. The highest BCUT2D eigenvalue weighted by Crippen LogP contribution is 2.15. The first-order chi connectivity index (χ1) is 13.9. The van der Waals surface area contributed by atoms with Crippen molar-refractivity contribution in [1.82, 2.24) is 19.5 Å². The minimum atomic E-state index is -3.36. The van der Waals surface area contributed by atoms with Crippen molar-refractivity contribution < 1.29 is 13.3 Å². The Bertz CT molecular complexity index is 915. The van der Waals surface area contributed by atoms with Gasteiger partial charge in [-0.2, -0.15) is 0 Å². The van der Waals surface area contributed by atoms with E-state index in [1.807, 2.05) is 12.1 Å². The highest BCUT2D eigenvalue weighted by Gasteiger charge is 2.20. The Hall–Kier alpha value is -2.40. The average molecular weight is 420 g/mol. The molecule has 0 atom stereocenters. The maximum Gasteiger partial charge on any atom is 0.269 e. The average Bonchev–Trinajstić information content (AvgIpc) is 2.73. The van der Waals surface area contributed by atoms with E-state index in [0.717, 1.165) is 31.7 Å². The van der Waals surface area contributed by atoms with Crippen LogP contribution >= 0.6 is 0 Å². The van der Waals surface area contributed by atoms with Gasteiger partial charge in [-0.25, -0.2) is 13.1 Å². The fourth-order valence-corrected chi connectivity index (χ4v) is 4.22. The Morgan fingerprint density at radius 2 is 1.83 bits per heavy atom. The number of nitro benzene ring substituents is 1.